The molecule has 3 nitrogen and oxygen atoms in total. The van der Waals surface area contributed by atoms with Gasteiger partial charge in [-0.3, -0.25) is 4.79 Å². The molecule has 0 radical (unpaired) electrons. The maximum Gasteiger partial charge on any atom is 0.223 e. The SMILES string of the molecule is CC(=O)N1CCc2c(CO)cccc21. The average molecular weight is 191 g/mol. The monoisotopic (exact) mass is 191 g/mol. The Balaban J connectivity index is 2.46. The molecular formula is C11H13NO2. The highest BCUT2D eigenvalue weighted by Crippen LogP contribution is 2.30. The highest BCUT2D eigenvalue weighted by atomic mass is 16.3. The van der Waals surface area contributed by atoms with Crippen LogP contribution in [0.3, 0.4) is 0 Å². The molecule has 1 aliphatic heterocycles. The maximum atomic E-state index is 11.3. The van der Waals surface area contributed by atoms with E-state index in [0.717, 1.165) is 29.8 Å². The fourth-order valence-corrected chi connectivity index (χ4v) is 1.98. The van der Waals surface area contributed by atoms with Crippen molar-refractivity contribution in [2.24, 2.45) is 0 Å². The van der Waals surface area contributed by atoms with Gasteiger partial charge in [-0.05, 0) is 23.6 Å². The zero-order valence-corrected chi connectivity index (χ0v) is 8.16. The molecule has 1 aromatic rings. The third kappa shape index (κ3) is 1.30. The Morgan fingerprint density at radius 3 is 3.00 bits per heavy atom. The van der Waals surface area contributed by atoms with Crippen molar-refractivity contribution in [3.05, 3.63) is 29.3 Å². The van der Waals surface area contributed by atoms with Crippen molar-refractivity contribution in [2.45, 2.75) is 20.0 Å². The van der Waals surface area contributed by atoms with Gasteiger partial charge >= 0.3 is 0 Å². The van der Waals surface area contributed by atoms with Gasteiger partial charge < -0.3 is 10.0 Å². The summed E-state index contributed by atoms with van der Waals surface area (Å²) in [4.78, 5) is 13.0. The number of fused-ring (bicyclic) bond motifs is 1. The molecule has 0 unspecified atom stereocenters. The lowest BCUT2D eigenvalue weighted by atomic mass is 10.1. The standard InChI is InChI=1S/C11H13NO2/c1-8(14)12-6-5-10-9(7-13)3-2-4-11(10)12/h2-4,13H,5-7H2,1H3. The number of aliphatic hydroxyl groups excluding tert-OH is 1. The number of hydrogen-bond acceptors (Lipinski definition) is 2. The van der Waals surface area contributed by atoms with Crippen molar-refractivity contribution in [1.29, 1.82) is 0 Å². The molecule has 0 bridgehead atoms. The number of rotatable bonds is 1. The summed E-state index contributed by atoms with van der Waals surface area (Å²) < 4.78 is 0. The second-order valence-corrected chi connectivity index (χ2v) is 3.49. The molecule has 2 rings (SSSR count). The first-order valence-electron chi connectivity index (χ1n) is 4.73. The number of anilines is 1. The van der Waals surface area contributed by atoms with E-state index in [2.05, 4.69) is 0 Å². The minimum absolute atomic E-state index is 0.0505. The number of nitrogens with zero attached hydrogens (tertiary/aromatic N) is 1. The largest absolute Gasteiger partial charge is 0.392 e. The van der Waals surface area contributed by atoms with Crippen LogP contribution in [-0.4, -0.2) is 17.6 Å². The van der Waals surface area contributed by atoms with E-state index in [1.807, 2.05) is 18.2 Å². The molecule has 14 heavy (non-hydrogen) atoms. The van der Waals surface area contributed by atoms with E-state index < -0.39 is 0 Å². The summed E-state index contributed by atoms with van der Waals surface area (Å²) in [6.07, 6.45) is 0.853. The molecule has 0 aromatic heterocycles. The summed E-state index contributed by atoms with van der Waals surface area (Å²) in [6, 6.07) is 5.72. The molecule has 1 aromatic carbocycles. The van der Waals surface area contributed by atoms with Crippen molar-refractivity contribution in [2.75, 3.05) is 11.4 Å². The van der Waals surface area contributed by atoms with Crippen molar-refractivity contribution < 1.29 is 9.90 Å². The van der Waals surface area contributed by atoms with E-state index >= 15 is 0 Å². The summed E-state index contributed by atoms with van der Waals surface area (Å²) in [5, 5.41) is 9.12. The van der Waals surface area contributed by atoms with Gasteiger partial charge in [0.15, 0.2) is 0 Å². The number of amides is 1. The summed E-state index contributed by atoms with van der Waals surface area (Å²) in [5.41, 5.74) is 3.01. The predicted octanol–water partition coefficient (Wildman–Crippen LogP) is 1.09. The predicted molar refractivity (Wildman–Crippen MR) is 54.1 cm³/mol. The van der Waals surface area contributed by atoms with Gasteiger partial charge in [0.1, 0.15) is 0 Å². The molecule has 0 aliphatic carbocycles. The first-order chi connectivity index (χ1) is 6.74. The van der Waals surface area contributed by atoms with Gasteiger partial charge in [-0.1, -0.05) is 12.1 Å². The molecule has 1 amide bonds. The Kier molecular flexibility index (Phi) is 2.25. The summed E-state index contributed by atoms with van der Waals surface area (Å²) >= 11 is 0. The Bertz CT molecular complexity index is 374. The summed E-state index contributed by atoms with van der Waals surface area (Å²) in [6.45, 7) is 2.36. The Morgan fingerprint density at radius 2 is 2.36 bits per heavy atom. The van der Waals surface area contributed by atoms with E-state index in [1.165, 1.54) is 0 Å². The Hall–Kier alpha value is -1.35. The number of hydrogen-bond donors (Lipinski definition) is 1. The third-order valence-electron chi connectivity index (χ3n) is 2.67. The third-order valence-corrected chi connectivity index (χ3v) is 2.67. The van der Waals surface area contributed by atoms with Crippen LogP contribution >= 0.6 is 0 Å². The van der Waals surface area contributed by atoms with E-state index in [4.69, 9.17) is 5.11 Å². The topological polar surface area (TPSA) is 40.5 Å². The number of aliphatic hydroxyl groups is 1. The van der Waals surface area contributed by atoms with Crippen molar-refractivity contribution in [3.8, 4) is 0 Å². The number of carbonyl (C=O) groups is 1. The van der Waals surface area contributed by atoms with Crippen molar-refractivity contribution >= 4 is 11.6 Å². The first-order valence-corrected chi connectivity index (χ1v) is 4.73. The second-order valence-electron chi connectivity index (χ2n) is 3.49. The van der Waals surface area contributed by atoms with Crippen LogP contribution in [0.1, 0.15) is 18.1 Å². The Morgan fingerprint density at radius 1 is 1.57 bits per heavy atom. The van der Waals surface area contributed by atoms with Gasteiger partial charge in [0.25, 0.3) is 0 Å². The maximum absolute atomic E-state index is 11.3. The fourth-order valence-electron chi connectivity index (χ4n) is 1.98. The zero-order valence-electron chi connectivity index (χ0n) is 8.16. The zero-order chi connectivity index (χ0) is 10.1. The van der Waals surface area contributed by atoms with E-state index in [0.29, 0.717) is 0 Å². The summed E-state index contributed by atoms with van der Waals surface area (Å²) in [5.74, 6) is 0.0684. The van der Waals surface area contributed by atoms with Crippen LogP contribution in [0.25, 0.3) is 0 Å². The second kappa shape index (κ2) is 3.42. The van der Waals surface area contributed by atoms with Gasteiger partial charge in [-0.25, -0.2) is 0 Å². The minimum Gasteiger partial charge on any atom is -0.392 e. The molecule has 3 heteroatoms. The molecule has 1 aliphatic rings. The van der Waals surface area contributed by atoms with Crippen LogP contribution in [0.15, 0.2) is 18.2 Å². The van der Waals surface area contributed by atoms with Gasteiger partial charge in [-0.15, -0.1) is 0 Å². The molecule has 74 valence electrons. The highest BCUT2D eigenvalue weighted by molar-refractivity contribution is 5.94. The van der Waals surface area contributed by atoms with Crippen LogP contribution in [0, 0.1) is 0 Å². The fraction of sp³-hybridized carbons (Fsp3) is 0.364. The average Bonchev–Trinajstić information content (AvgIpc) is 2.60. The Labute approximate surface area is 83.0 Å². The van der Waals surface area contributed by atoms with Crippen molar-refractivity contribution in [1.82, 2.24) is 0 Å². The molecule has 0 atom stereocenters. The normalized spacial score (nSPS) is 14.3. The molecule has 0 fully saturated rings. The molecular weight excluding hydrogens is 178 g/mol. The van der Waals surface area contributed by atoms with Crippen LogP contribution in [0.4, 0.5) is 5.69 Å². The van der Waals surface area contributed by atoms with Crippen LogP contribution in [0.2, 0.25) is 0 Å². The smallest absolute Gasteiger partial charge is 0.223 e. The number of benzene rings is 1. The van der Waals surface area contributed by atoms with Crippen LogP contribution < -0.4 is 4.90 Å². The van der Waals surface area contributed by atoms with Gasteiger partial charge in [0.2, 0.25) is 5.91 Å². The molecule has 0 spiro atoms. The lowest BCUT2D eigenvalue weighted by Gasteiger charge is -2.14. The lowest BCUT2D eigenvalue weighted by Crippen LogP contribution is -2.25. The van der Waals surface area contributed by atoms with Gasteiger partial charge in [0.05, 0.1) is 6.61 Å². The minimum atomic E-state index is 0.0505. The van der Waals surface area contributed by atoms with Crippen molar-refractivity contribution in [3.63, 3.8) is 0 Å². The van der Waals surface area contributed by atoms with E-state index in [-0.39, 0.29) is 12.5 Å². The van der Waals surface area contributed by atoms with Crippen LogP contribution in [-0.2, 0) is 17.8 Å². The molecule has 0 saturated heterocycles. The first kappa shape index (κ1) is 9.21. The van der Waals surface area contributed by atoms with Gasteiger partial charge in [-0.2, -0.15) is 0 Å². The number of carbonyl (C=O) groups excluding carboxylic acids is 1. The van der Waals surface area contributed by atoms with E-state index in [9.17, 15) is 4.79 Å². The van der Waals surface area contributed by atoms with Gasteiger partial charge in [0, 0.05) is 19.2 Å². The van der Waals surface area contributed by atoms with E-state index in [1.54, 1.807) is 11.8 Å². The molecule has 0 saturated carbocycles. The lowest BCUT2D eigenvalue weighted by molar-refractivity contribution is -0.116. The van der Waals surface area contributed by atoms with Crippen LogP contribution in [0.5, 0.6) is 0 Å². The molecule has 1 N–H and O–H groups in total. The molecule has 1 heterocycles. The quantitative estimate of drug-likeness (QED) is 0.721. The summed E-state index contributed by atoms with van der Waals surface area (Å²) in [7, 11) is 0. The highest BCUT2D eigenvalue weighted by Gasteiger charge is 2.23.